The molecule has 0 bridgehead atoms. The summed E-state index contributed by atoms with van der Waals surface area (Å²) in [4.78, 5) is 17.4. The van der Waals surface area contributed by atoms with Gasteiger partial charge in [-0.25, -0.2) is 9.79 Å². The summed E-state index contributed by atoms with van der Waals surface area (Å²) >= 11 is 1.08. The van der Waals surface area contributed by atoms with E-state index in [2.05, 4.69) is 4.99 Å². The third-order valence-corrected chi connectivity index (χ3v) is 5.52. The van der Waals surface area contributed by atoms with Gasteiger partial charge in [0.15, 0.2) is 23.0 Å². The minimum atomic E-state index is -0.699. The number of aliphatic hydroxyl groups is 1. The Bertz CT molecular complexity index is 1120. The van der Waals surface area contributed by atoms with Crippen molar-refractivity contribution in [3.63, 3.8) is 0 Å². The first-order chi connectivity index (χ1) is 15.4. The molecule has 2 aromatic rings. The van der Waals surface area contributed by atoms with E-state index in [1.54, 1.807) is 49.4 Å². The number of hydrogen-bond donors (Lipinski definition) is 2. The number of thioether (sulfide) groups is 1. The molecule has 1 heterocycles. The van der Waals surface area contributed by atoms with Gasteiger partial charge in [0, 0.05) is 11.6 Å². The van der Waals surface area contributed by atoms with Crippen LogP contribution >= 0.6 is 11.8 Å². The van der Waals surface area contributed by atoms with Gasteiger partial charge in [0.05, 0.1) is 38.5 Å². The minimum Gasteiger partial charge on any atom is -0.506 e. The molecule has 3 rings (SSSR count). The number of carbonyl (C=O) groups excluding carboxylic acids is 1. The van der Waals surface area contributed by atoms with Gasteiger partial charge in [-0.3, -0.25) is 0 Å². The number of rotatable bonds is 7. The maximum atomic E-state index is 12.6. The predicted octanol–water partition coefficient (Wildman–Crippen LogP) is 4.61. The molecular weight excluding hydrogens is 434 g/mol. The molecule has 9 heteroatoms. The van der Waals surface area contributed by atoms with Crippen LogP contribution in [0.5, 0.6) is 23.0 Å². The number of aromatic hydroxyl groups is 1. The molecule has 2 aromatic carbocycles. The van der Waals surface area contributed by atoms with E-state index in [9.17, 15) is 15.0 Å². The van der Waals surface area contributed by atoms with Gasteiger partial charge in [0.1, 0.15) is 16.4 Å². The number of methoxy groups -OCH3 is 3. The predicted molar refractivity (Wildman–Crippen MR) is 123 cm³/mol. The lowest BCUT2D eigenvalue weighted by Crippen LogP contribution is -2.12. The largest absolute Gasteiger partial charge is 0.506 e. The van der Waals surface area contributed by atoms with Crippen LogP contribution in [0.4, 0.5) is 5.69 Å². The van der Waals surface area contributed by atoms with E-state index < -0.39 is 5.97 Å². The average molecular weight is 458 g/mol. The second-order valence-corrected chi connectivity index (χ2v) is 7.44. The normalized spacial score (nSPS) is 15.9. The molecule has 1 aliphatic heterocycles. The molecule has 0 aliphatic carbocycles. The number of nitrogens with zero attached hydrogens (tertiary/aromatic N) is 1. The van der Waals surface area contributed by atoms with Crippen LogP contribution in [-0.2, 0) is 9.53 Å². The van der Waals surface area contributed by atoms with E-state index in [1.165, 1.54) is 21.3 Å². The summed E-state index contributed by atoms with van der Waals surface area (Å²) in [5.74, 6) is 0.230. The fourth-order valence-electron chi connectivity index (χ4n) is 2.97. The fraction of sp³-hybridized carbons (Fsp3) is 0.217. The Morgan fingerprint density at radius 1 is 1.03 bits per heavy atom. The van der Waals surface area contributed by atoms with E-state index in [4.69, 9.17) is 18.9 Å². The van der Waals surface area contributed by atoms with Crippen LogP contribution in [0, 0.1) is 0 Å². The van der Waals surface area contributed by atoms with Gasteiger partial charge >= 0.3 is 5.97 Å². The fourth-order valence-corrected chi connectivity index (χ4v) is 3.99. The summed E-state index contributed by atoms with van der Waals surface area (Å²) in [6.45, 7) is 1.81. The van der Waals surface area contributed by atoms with Crippen LogP contribution in [-0.4, -0.2) is 49.2 Å². The first-order valence-corrected chi connectivity index (χ1v) is 10.4. The van der Waals surface area contributed by atoms with Crippen LogP contribution in [0.3, 0.4) is 0 Å². The molecule has 0 unspecified atom stereocenters. The number of esters is 1. The zero-order valence-electron chi connectivity index (χ0n) is 18.0. The topological polar surface area (TPSA) is 107 Å². The molecule has 8 nitrogen and oxygen atoms in total. The van der Waals surface area contributed by atoms with Gasteiger partial charge < -0.3 is 29.2 Å². The Labute approximate surface area is 189 Å². The summed E-state index contributed by atoms with van der Waals surface area (Å²) in [7, 11) is 4.48. The summed E-state index contributed by atoms with van der Waals surface area (Å²) in [6.07, 6.45) is 1.55. The Morgan fingerprint density at radius 3 is 2.41 bits per heavy atom. The average Bonchev–Trinajstić information content (AvgIpc) is 3.09. The van der Waals surface area contributed by atoms with Gasteiger partial charge in [-0.1, -0.05) is 23.9 Å². The van der Waals surface area contributed by atoms with Crippen molar-refractivity contribution in [3.8, 4) is 23.0 Å². The molecule has 0 aromatic heterocycles. The molecule has 0 amide bonds. The van der Waals surface area contributed by atoms with E-state index in [0.717, 1.165) is 11.8 Å². The third kappa shape index (κ3) is 4.67. The Balaban J connectivity index is 2.08. The summed E-state index contributed by atoms with van der Waals surface area (Å²) in [5.41, 5.74) is 0.847. The number of aliphatic imine (C=N–C) groups is 1. The Kier molecular flexibility index (Phi) is 7.32. The second-order valence-electron chi connectivity index (χ2n) is 6.41. The van der Waals surface area contributed by atoms with Crippen molar-refractivity contribution in [2.24, 2.45) is 4.99 Å². The van der Waals surface area contributed by atoms with Crippen molar-refractivity contribution < 1.29 is 34.0 Å². The summed E-state index contributed by atoms with van der Waals surface area (Å²) in [5, 5.41) is 21.4. The third-order valence-electron chi connectivity index (χ3n) is 4.50. The number of ether oxygens (including phenoxy) is 4. The molecule has 0 radical (unpaired) electrons. The maximum absolute atomic E-state index is 12.6. The maximum Gasteiger partial charge on any atom is 0.344 e. The lowest BCUT2D eigenvalue weighted by molar-refractivity contribution is -0.138. The Morgan fingerprint density at radius 2 is 1.75 bits per heavy atom. The summed E-state index contributed by atoms with van der Waals surface area (Å²) in [6, 6.07) is 10.0. The first kappa shape index (κ1) is 23.1. The molecule has 0 saturated heterocycles. The molecule has 168 valence electrons. The van der Waals surface area contributed by atoms with Crippen molar-refractivity contribution in [3.05, 3.63) is 58.2 Å². The van der Waals surface area contributed by atoms with Gasteiger partial charge in [-0.15, -0.1) is 0 Å². The molecule has 2 N–H and O–H groups in total. The van der Waals surface area contributed by atoms with Gasteiger partial charge in [0.25, 0.3) is 0 Å². The van der Waals surface area contributed by atoms with E-state index in [1.807, 2.05) is 0 Å². The molecule has 1 aliphatic rings. The molecule has 0 fully saturated rings. The van der Waals surface area contributed by atoms with Crippen LogP contribution in [0.2, 0.25) is 0 Å². The van der Waals surface area contributed by atoms with Crippen LogP contribution in [0.15, 0.2) is 57.6 Å². The number of para-hydroxylation sites is 1. The summed E-state index contributed by atoms with van der Waals surface area (Å²) < 4.78 is 20.8. The molecule has 0 saturated carbocycles. The van der Waals surface area contributed by atoms with E-state index in [-0.39, 0.29) is 34.5 Å². The first-order valence-electron chi connectivity index (χ1n) is 9.60. The van der Waals surface area contributed by atoms with Crippen LogP contribution in [0.1, 0.15) is 12.5 Å². The highest BCUT2D eigenvalue weighted by atomic mass is 32.2. The number of hydrogen-bond acceptors (Lipinski definition) is 9. The smallest absolute Gasteiger partial charge is 0.344 e. The zero-order valence-corrected chi connectivity index (χ0v) is 18.9. The monoisotopic (exact) mass is 457 g/mol. The minimum absolute atomic E-state index is 0.0553. The standard InChI is InChI=1S/C23H23NO7S/c1-5-31-23(27)19-21(26)18(11-13-7-6-8-16(29-3)20(13)25)32-22(19)24-14-9-10-15(28-2)17(12-14)30-4/h6-12,25-26H,5H2,1-4H3/b18-11+,24-22?. The zero-order chi connectivity index (χ0) is 23.3. The van der Waals surface area contributed by atoms with Crippen molar-refractivity contribution in [1.82, 2.24) is 0 Å². The van der Waals surface area contributed by atoms with Crippen molar-refractivity contribution in [2.75, 3.05) is 27.9 Å². The molecule has 0 atom stereocenters. The Hall–Kier alpha value is -3.59. The number of phenolic OH excluding ortho intramolecular Hbond substituents is 1. The highest BCUT2D eigenvalue weighted by Gasteiger charge is 2.33. The highest BCUT2D eigenvalue weighted by molar-refractivity contribution is 8.18. The lowest BCUT2D eigenvalue weighted by Gasteiger charge is -2.08. The van der Waals surface area contributed by atoms with Gasteiger partial charge in [-0.2, -0.15) is 0 Å². The lowest BCUT2D eigenvalue weighted by atomic mass is 10.1. The van der Waals surface area contributed by atoms with Crippen molar-refractivity contribution >= 4 is 34.5 Å². The highest BCUT2D eigenvalue weighted by Crippen LogP contribution is 2.42. The number of carbonyl (C=O) groups is 1. The number of aliphatic hydroxyl groups excluding tert-OH is 1. The van der Waals surface area contributed by atoms with Crippen LogP contribution in [0.25, 0.3) is 6.08 Å². The van der Waals surface area contributed by atoms with Crippen molar-refractivity contribution in [2.45, 2.75) is 6.92 Å². The molecular formula is C23H23NO7S. The number of phenols is 1. The SMILES string of the molecule is CCOC(=O)C1=C(O)/C(=C\c2cccc(OC)c2O)SC1=Nc1ccc(OC)c(OC)c1. The molecule has 0 spiro atoms. The van der Waals surface area contributed by atoms with Gasteiger partial charge in [-0.05, 0) is 31.2 Å². The molecule has 32 heavy (non-hydrogen) atoms. The van der Waals surface area contributed by atoms with Gasteiger partial charge in [0.2, 0.25) is 0 Å². The number of benzene rings is 2. The van der Waals surface area contributed by atoms with E-state index in [0.29, 0.717) is 27.7 Å². The van der Waals surface area contributed by atoms with Crippen LogP contribution < -0.4 is 14.2 Å². The van der Waals surface area contributed by atoms with Crippen molar-refractivity contribution in [1.29, 1.82) is 0 Å². The van der Waals surface area contributed by atoms with E-state index >= 15 is 0 Å². The quantitative estimate of drug-likeness (QED) is 0.581. The second kappa shape index (κ2) is 10.1.